The van der Waals surface area contributed by atoms with E-state index in [4.69, 9.17) is 9.47 Å². The Kier molecular flexibility index (Phi) is 6.41. The molecule has 1 atom stereocenters. The first-order valence-corrected chi connectivity index (χ1v) is 8.36. The average molecular weight is 280 g/mol. The Balaban J connectivity index is 2.13. The van der Waals surface area contributed by atoms with Gasteiger partial charge in [-0.2, -0.15) is 0 Å². The van der Waals surface area contributed by atoms with Crippen molar-refractivity contribution in [1.82, 2.24) is 0 Å². The highest BCUT2D eigenvalue weighted by molar-refractivity contribution is 5.89. The highest BCUT2D eigenvalue weighted by Crippen LogP contribution is 2.34. The zero-order chi connectivity index (χ0) is 14.2. The molecule has 0 bridgehead atoms. The van der Waals surface area contributed by atoms with Crippen LogP contribution in [0.3, 0.4) is 0 Å². The fourth-order valence-corrected chi connectivity index (χ4v) is 3.29. The zero-order valence-electron chi connectivity index (χ0n) is 12.8. The van der Waals surface area contributed by atoms with Crippen LogP contribution in [0.4, 0.5) is 0 Å². The summed E-state index contributed by atoms with van der Waals surface area (Å²) in [6.07, 6.45) is 11.9. The van der Waals surface area contributed by atoms with E-state index in [2.05, 4.69) is 0 Å². The lowest BCUT2D eigenvalue weighted by molar-refractivity contribution is -0.139. The summed E-state index contributed by atoms with van der Waals surface area (Å²) >= 11 is 0. The molecule has 0 aromatic carbocycles. The number of hydrogen-bond acceptors (Lipinski definition) is 3. The summed E-state index contributed by atoms with van der Waals surface area (Å²) in [6.45, 7) is 3.08. The van der Waals surface area contributed by atoms with E-state index in [-0.39, 0.29) is 5.97 Å². The molecule has 3 heteroatoms. The summed E-state index contributed by atoms with van der Waals surface area (Å²) in [5.41, 5.74) is 0.829. The molecule has 0 saturated carbocycles. The number of rotatable bonds is 2. The molecule has 0 radical (unpaired) electrons. The van der Waals surface area contributed by atoms with Crippen LogP contribution in [-0.4, -0.2) is 19.2 Å². The zero-order valence-corrected chi connectivity index (χ0v) is 12.8. The van der Waals surface area contributed by atoms with Gasteiger partial charge < -0.3 is 9.47 Å². The summed E-state index contributed by atoms with van der Waals surface area (Å²) in [5, 5.41) is 0. The molecule has 1 aliphatic heterocycles. The molecule has 0 amide bonds. The molecule has 0 spiro atoms. The maximum atomic E-state index is 12.2. The summed E-state index contributed by atoms with van der Waals surface area (Å²) in [7, 11) is 0. The molecule has 3 nitrogen and oxygen atoms in total. The van der Waals surface area contributed by atoms with Crippen molar-refractivity contribution in [3.05, 3.63) is 11.3 Å². The number of fused-ring (bicyclic) bond motifs is 1. The van der Waals surface area contributed by atoms with Crippen LogP contribution in [0, 0.1) is 5.92 Å². The Labute approximate surface area is 122 Å². The largest absolute Gasteiger partial charge is 0.497 e. The Morgan fingerprint density at radius 2 is 1.80 bits per heavy atom. The van der Waals surface area contributed by atoms with Gasteiger partial charge in [0.2, 0.25) is 0 Å². The molecular formula is C17H28O3. The van der Waals surface area contributed by atoms with E-state index in [9.17, 15) is 4.79 Å². The molecule has 1 unspecified atom stereocenters. The highest BCUT2D eigenvalue weighted by atomic mass is 16.5. The van der Waals surface area contributed by atoms with Crippen molar-refractivity contribution < 1.29 is 14.3 Å². The van der Waals surface area contributed by atoms with Gasteiger partial charge in [-0.3, -0.25) is 0 Å². The minimum atomic E-state index is -0.147. The molecule has 0 aromatic rings. The fourth-order valence-electron chi connectivity index (χ4n) is 3.29. The molecule has 0 N–H and O–H groups in total. The Hall–Kier alpha value is -0.990. The second-order valence-corrected chi connectivity index (χ2v) is 5.91. The molecular weight excluding hydrogens is 252 g/mol. The second kappa shape index (κ2) is 8.33. The Bertz CT molecular complexity index is 346. The van der Waals surface area contributed by atoms with E-state index in [0.29, 0.717) is 12.5 Å². The standard InChI is InChI=1S/C17H28O3/c1-2-19-17(18)15-11-9-7-5-3-4-6-8-10-14-12-13-20-16(14)15/h14H,2-13H2,1H3/b16-15-. The van der Waals surface area contributed by atoms with Crippen LogP contribution in [0.5, 0.6) is 0 Å². The van der Waals surface area contributed by atoms with Gasteiger partial charge in [-0.1, -0.05) is 38.5 Å². The Morgan fingerprint density at radius 3 is 2.55 bits per heavy atom. The van der Waals surface area contributed by atoms with Crippen LogP contribution in [0.1, 0.15) is 71.1 Å². The molecule has 1 heterocycles. The van der Waals surface area contributed by atoms with Gasteiger partial charge >= 0.3 is 5.97 Å². The van der Waals surface area contributed by atoms with Crippen LogP contribution in [0.2, 0.25) is 0 Å². The lowest BCUT2D eigenvalue weighted by atomic mass is 9.92. The van der Waals surface area contributed by atoms with E-state index < -0.39 is 0 Å². The van der Waals surface area contributed by atoms with Crippen molar-refractivity contribution in [2.45, 2.75) is 71.1 Å². The maximum absolute atomic E-state index is 12.2. The van der Waals surface area contributed by atoms with Crippen LogP contribution in [0.15, 0.2) is 11.3 Å². The van der Waals surface area contributed by atoms with Crippen molar-refractivity contribution >= 4 is 5.97 Å². The van der Waals surface area contributed by atoms with Crippen molar-refractivity contribution in [2.24, 2.45) is 5.92 Å². The van der Waals surface area contributed by atoms with Crippen LogP contribution in [0.25, 0.3) is 0 Å². The average Bonchev–Trinajstić information content (AvgIpc) is 2.87. The molecule has 2 aliphatic rings. The van der Waals surface area contributed by atoms with E-state index in [1.54, 1.807) is 0 Å². The van der Waals surface area contributed by atoms with Gasteiger partial charge in [0, 0.05) is 5.92 Å². The van der Waals surface area contributed by atoms with E-state index in [1.807, 2.05) is 6.92 Å². The number of carbonyl (C=O) groups excluding carboxylic acids is 1. The fraction of sp³-hybridized carbons (Fsp3) is 0.824. The number of ether oxygens (including phenoxy) is 2. The quantitative estimate of drug-likeness (QED) is 0.705. The highest BCUT2D eigenvalue weighted by Gasteiger charge is 2.29. The third kappa shape index (κ3) is 4.26. The SMILES string of the molecule is CCOC(=O)/C1=C2\OCCC2CCCCCCCCC1. The van der Waals surface area contributed by atoms with Crippen molar-refractivity contribution in [3.63, 3.8) is 0 Å². The molecule has 114 valence electrons. The number of esters is 1. The van der Waals surface area contributed by atoms with E-state index in [1.165, 1.54) is 38.5 Å². The lowest BCUT2D eigenvalue weighted by Gasteiger charge is -2.16. The van der Waals surface area contributed by atoms with Crippen LogP contribution >= 0.6 is 0 Å². The summed E-state index contributed by atoms with van der Waals surface area (Å²) in [5.74, 6) is 1.27. The predicted octanol–water partition coefficient (Wildman–Crippen LogP) is 4.36. The molecule has 1 fully saturated rings. The normalized spacial score (nSPS) is 28.8. The first-order chi connectivity index (χ1) is 9.83. The summed E-state index contributed by atoms with van der Waals surface area (Å²) in [6, 6.07) is 0. The minimum absolute atomic E-state index is 0.147. The topological polar surface area (TPSA) is 35.5 Å². The van der Waals surface area contributed by atoms with Crippen LogP contribution < -0.4 is 0 Å². The van der Waals surface area contributed by atoms with E-state index in [0.717, 1.165) is 43.6 Å². The third-order valence-electron chi connectivity index (χ3n) is 4.39. The number of carbonyl (C=O) groups is 1. The van der Waals surface area contributed by atoms with Gasteiger partial charge in [-0.15, -0.1) is 0 Å². The van der Waals surface area contributed by atoms with Gasteiger partial charge in [-0.05, 0) is 32.6 Å². The molecule has 2 rings (SSSR count). The van der Waals surface area contributed by atoms with Gasteiger partial charge in [0.1, 0.15) is 5.76 Å². The van der Waals surface area contributed by atoms with Crippen LogP contribution in [-0.2, 0) is 14.3 Å². The van der Waals surface area contributed by atoms with Gasteiger partial charge in [0.15, 0.2) is 0 Å². The van der Waals surface area contributed by atoms with Crippen molar-refractivity contribution in [2.75, 3.05) is 13.2 Å². The van der Waals surface area contributed by atoms with Gasteiger partial charge in [-0.25, -0.2) is 4.79 Å². The van der Waals surface area contributed by atoms with E-state index >= 15 is 0 Å². The smallest absolute Gasteiger partial charge is 0.337 e. The first-order valence-electron chi connectivity index (χ1n) is 8.36. The first kappa shape index (κ1) is 15.4. The third-order valence-corrected chi connectivity index (χ3v) is 4.39. The number of hydrogen-bond donors (Lipinski definition) is 0. The Morgan fingerprint density at radius 1 is 1.10 bits per heavy atom. The second-order valence-electron chi connectivity index (χ2n) is 5.91. The van der Waals surface area contributed by atoms with Crippen molar-refractivity contribution in [3.8, 4) is 0 Å². The lowest BCUT2D eigenvalue weighted by Crippen LogP contribution is -2.13. The minimum Gasteiger partial charge on any atom is -0.497 e. The predicted molar refractivity (Wildman–Crippen MR) is 79.3 cm³/mol. The summed E-state index contributed by atoms with van der Waals surface area (Å²) < 4.78 is 11.1. The molecule has 1 saturated heterocycles. The van der Waals surface area contributed by atoms with Crippen molar-refractivity contribution in [1.29, 1.82) is 0 Å². The van der Waals surface area contributed by atoms with Gasteiger partial charge in [0.25, 0.3) is 0 Å². The molecule has 1 aliphatic carbocycles. The summed E-state index contributed by atoms with van der Waals surface area (Å²) in [4.78, 5) is 12.2. The monoisotopic (exact) mass is 280 g/mol. The maximum Gasteiger partial charge on any atom is 0.337 e. The molecule has 20 heavy (non-hydrogen) atoms. The molecule has 0 aromatic heterocycles. The van der Waals surface area contributed by atoms with Gasteiger partial charge in [0.05, 0.1) is 18.8 Å². The number of allylic oxidation sites excluding steroid dienone is 1.